The van der Waals surface area contributed by atoms with Crippen molar-refractivity contribution in [2.24, 2.45) is 22.7 Å². The zero-order valence-electron chi connectivity index (χ0n) is 26.2. The standard InChI is InChI=1S/C29H37N5O11/c1-12(2)24(36)42-10-16-20(45-26(38)14(5)6)29(7,40)27(44-16)34-22-19-18(23(34)33-28(39)41-8)15(43-25(37)13(3)4)9-17(35)32-21(19)30-11-31-22/h9,11-14,16,20,27,35,40H,10H2,1-8H3,(H,30,31,32). The van der Waals surface area contributed by atoms with Gasteiger partial charge in [0.1, 0.15) is 35.4 Å². The Morgan fingerprint density at radius 2 is 1.71 bits per heavy atom. The molecule has 0 saturated carbocycles. The molecule has 0 spiro atoms. The van der Waals surface area contributed by atoms with Crippen LogP contribution in [0.15, 0.2) is 17.4 Å². The molecule has 1 amide bonds. The van der Waals surface area contributed by atoms with Crippen molar-refractivity contribution in [3.63, 3.8) is 0 Å². The van der Waals surface area contributed by atoms with Crippen LogP contribution in [0.5, 0.6) is 11.6 Å². The summed E-state index contributed by atoms with van der Waals surface area (Å²) in [6.07, 6.45) is -3.88. The fraction of sp³-hybridized carbons (Fsp3) is 0.552. The number of aliphatic hydroxyl groups is 1. The molecule has 4 heterocycles. The van der Waals surface area contributed by atoms with Crippen LogP contribution >= 0.6 is 0 Å². The summed E-state index contributed by atoms with van der Waals surface area (Å²) in [5, 5.41) is 22.7. The van der Waals surface area contributed by atoms with E-state index < -0.39 is 78.3 Å². The minimum atomic E-state index is -2.06. The first-order valence-electron chi connectivity index (χ1n) is 14.3. The number of nitrogens with zero attached hydrogens (tertiary/aromatic N) is 4. The van der Waals surface area contributed by atoms with Crippen LogP contribution in [0.25, 0.3) is 22.1 Å². The number of carbonyl (C=O) groups excluding carboxylic acids is 4. The number of nitrogens with one attached hydrogen (secondary N) is 1. The number of methoxy groups -OCH3 is 1. The highest BCUT2D eigenvalue weighted by Gasteiger charge is 2.57. The molecule has 4 unspecified atom stereocenters. The average Bonchev–Trinajstić information content (AvgIpc) is 3.34. The van der Waals surface area contributed by atoms with Crippen LogP contribution in [0, 0.1) is 17.8 Å². The van der Waals surface area contributed by atoms with Crippen molar-refractivity contribution in [3.8, 4) is 11.6 Å². The Hall–Kier alpha value is -4.57. The fourth-order valence-electron chi connectivity index (χ4n) is 4.70. The first kappa shape index (κ1) is 33.3. The lowest BCUT2D eigenvalue weighted by molar-refractivity contribution is -0.169. The first-order chi connectivity index (χ1) is 21.1. The first-order valence-corrected chi connectivity index (χ1v) is 14.3. The van der Waals surface area contributed by atoms with Gasteiger partial charge in [0.15, 0.2) is 17.8 Å². The van der Waals surface area contributed by atoms with E-state index in [9.17, 15) is 29.4 Å². The van der Waals surface area contributed by atoms with Crippen LogP contribution in [-0.4, -0.2) is 85.3 Å². The fourth-order valence-corrected chi connectivity index (χ4v) is 4.70. The number of carbonyl (C=O) groups is 4. The van der Waals surface area contributed by atoms with Crippen molar-refractivity contribution in [1.29, 1.82) is 0 Å². The van der Waals surface area contributed by atoms with Crippen LogP contribution in [0.3, 0.4) is 0 Å². The SMILES string of the molecule is COC(=O)N=c1c2c(OC(=O)C(C)C)cc(O)nc3[nH]cnc(c32)n1C1OC(COC(=O)C(C)C)C(OC(=O)C(C)C)C1(C)O. The van der Waals surface area contributed by atoms with Gasteiger partial charge >= 0.3 is 24.0 Å². The van der Waals surface area contributed by atoms with Gasteiger partial charge in [0.05, 0.1) is 42.0 Å². The van der Waals surface area contributed by atoms with E-state index >= 15 is 0 Å². The molecule has 1 saturated heterocycles. The molecule has 0 bridgehead atoms. The van der Waals surface area contributed by atoms with Crippen molar-refractivity contribution in [2.75, 3.05) is 13.7 Å². The monoisotopic (exact) mass is 631 g/mol. The predicted molar refractivity (Wildman–Crippen MR) is 155 cm³/mol. The second kappa shape index (κ2) is 12.8. The Labute approximate surface area is 257 Å². The number of rotatable bonds is 8. The summed E-state index contributed by atoms with van der Waals surface area (Å²) in [5.41, 5.74) is -2.25. The third-order valence-electron chi connectivity index (χ3n) is 7.09. The van der Waals surface area contributed by atoms with Crippen molar-refractivity contribution in [2.45, 2.75) is 72.5 Å². The van der Waals surface area contributed by atoms with E-state index in [2.05, 4.69) is 19.9 Å². The molecular weight excluding hydrogens is 594 g/mol. The van der Waals surface area contributed by atoms with Gasteiger partial charge in [0, 0.05) is 6.07 Å². The Morgan fingerprint density at radius 1 is 1.07 bits per heavy atom. The summed E-state index contributed by atoms with van der Waals surface area (Å²) < 4.78 is 29.0. The number of aromatic nitrogens is 4. The van der Waals surface area contributed by atoms with E-state index in [1.165, 1.54) is 17.8 Å². The molecule has 4 rings (SSSR count). The Bertz CT molecular complexity index is 1710. The van der Waals surface area contributed by atoms with E-state index in [1.54, 1.807) is 41.5 Å². The van der Waals surface area contributed by atoms with Crippen molar-refractivity contribution in [1.82, 2.24) is 19.5 Å². The molecular formula is C29H37N5O11. The van der Waals surface area contributed by atoms with Gasteiger partial charge in [-0.1, -0.05) is 41.5 Å². The number of aromatic hydroxyl groups is 1. The third-order valence-corrected chi connectivity index (χ3v) is 7.09. The minimum absolute atomic E-state index is 0.0126. The summed E-state index contributed by atoms with van der Waals surface area (Å²) in [4.78, 5) is 65.9. The van der Waals surface area contributed by atoms with E-state index in [0.717, 1.165) is 13.2 Å². The highest BCUT2D eigenvalue weighted by Crippen LogP contribution is 2.43. The molecule has 244 valence electrons. The summed E-state index contributed by atoms with van der Waals surface area (Å²) in [5.74, 6) is -4.27. The summed E-state index contributed by atoms with van der Waals surface area (Å²) in [7, 11) is 1.10. The smallest absolute Gasteiger partial charge is 0.435 e. The lowest BCUT2D eigenvalue weighted by Crippen LogP contribution is -2.49. The lowest BCUT2D eigenvalue weighted by atomic mass is 9.96. The molecule has 3 aromatic rings. The Morgan fingerprint density at radius 3 is 2.31 bits per heavy atom. The van der Waals surface area contributed by atoms with E-state index in [0.29, 0.717) is 0 Å². The normalized spacial score (nSPS) is 22.0. The molecule has 16 nitrogen and oxygen atoms in total. The largest absolute Gasteiger partial charge is 0.493 e. The molecule has 3 aromatic heterocycles. The Kier molecular flexibility index (Phi) is 9.48. The highest BCUT2D eigenvalue weighted by molar-refractivity contribution is 6.07. The molecule has 16 heteroatoms. The molecule has 0 aromatic carbocycles. The zero-order chi connectivity index (χ0) is 33.4. The van der Waals surface area contributed by atoms with Crippen LogP contribution in [0.2, 0.25) is 0 Å². The molecule has 1 aliphatic rings. The minimum Gasteiger partial charge on any atom is -0.493 e. The van der Waals surface area contributed by atoms with Crippen LogP contribution in [0.1, 0.15) is 54.7 Å². The maximum atomic E-state index is 12.8. The van der Waals surface area contributed by atoms with Crippen molar-refractivity contribution < 1.29 is 53.1 Å². The van der Waals surface area contributed by atoms with Gasteiger partial charge in [-0.05, 0) is 6.92 Å². The quantitative estimate of drug-likeness (QED) is 0.241. The number of aromatic amines is 1. The van der Waals surface area contributed by atoms with Gasteiger partial charge in [-0.15, -0.1) is 0 Å². The highest BCUT2D eigenvalue weighted by atomic mass is 16.6. The number of amides is 1. The van der Waals surface area contributed by atoms with Gasteiger partial charge in [0.25, 0.3) is 0 Å². The molecule has 1 aliphatic heterocycles. The number of ether oxygens (including phenoxy) is 5. The molecule has 3 N–H and O–H groups in total. The zero-order valence-corrected chi connectivity index (χ0v) is 26.2. The van der Waals surface area contributed by atoms with Gasteiger partial charge in [-0.3, -0.25) is 19.0 Å². The lowest BCUT2D eigenvalue weighted by Gasteiger charge is -2.30. The van der Waals surface area contributed by atoms with E-state index in [-0.39, 0.29) is 33.3 Å². The summed E-state index contributed by atoms with van der Waals surface area (Å²) >= 11 is 0. The Balaban J connectivity index is 2.05. The molecule has 4 atom stereocenters. The predicted octanol–water partition coefficient (Wildman–Crippen LogP) is 2.26. The summed E-state index contributed by atoms with van der Waals surface area (Å²) in [6, 6.07) is 1.07. The maximum absolute atomic E-state index is 12.8. The molecule has 45 heavy (non-hydrogen) atoms. The number of hydrogen-bond donors (Lipinski definition) is 3. The number of H-pyrrole nitrogens is 1. The molecule has 0 radical (unpaired) electrons. The van der Waals surface area contributed by atoms with Gasteiger partial charge in [-0.25, -0.2) is 9.78 Å². The number of esters is 3. The summed E-state index contributed by atoms with van der Waals surface area (Å²) in [6.45, 7) is 10.7. The van der Waals surface area contributed by atoms with Gasteiger partial charge < -0.3 is 38.9 Å². The van der Waals surface area contributed by atoms with E-state index in [1.807, 2.05) is 0 Å². The van der Waals surface area contributed by atoms with Gasteiger partial charge in [-0.2, -0.15) is 9.98 Å². The van der Waals surface area contributed by atoms with Crippen molar-refractivity contribution >= 4 is 46.1 Å². The second-order valence-electron chi connectivity index (χ2n) is 11.7. The third kappa shape index (κ3) is 6.47. The molecule has 1 fully saturated rings. The van der Waals surface area contributed by atoms with Crippen molar-refractivity contribution in [3.05, 3.63) is 17.9 Å². The van der Waals surface area contributed by atoms with Crippen LogP contribution < -0.4 is 10.2 Å². The van der Waals surface area contributed by atoms with E-state index in [4.69, 9.17) is 23.7 Å². The van der Waals surface area contributed by atoms with Crippen LogP contribution in [-0.2, 0) is 33.3 Å². The topological polar surface area (TPSA) is 214 Å². The average molecular weight is 632 g/mol. The van der Waals surface area contributed by atoms with Crippen LogP contribution in [0.4, 0.5) is 4.79 Å². The number of hydrogen-bond acceptors (Lipinski definition) is 13. The maximum Gasteiger partial charge on any atom is 0.435 e. The molecule has 0 aliphatic carbocycles. The second-order valence-corrected chi connectivity index (χ2v) is 11.7. The van der Waals surface area contributed by atoms with Gasteiger partial charge in [0.2, 0.25) is 5.88 Å².